The third-order valence-electron chi connectivity index (χ3n) is 8.73. The SMILES string of the molecule is Cc1ccccc1CN(C(=O)CN(c1ccc(Cl)c(C(F)(F)F)c1)S(=O)(=O)c1ccccc1)C(Cc1ccccc1)C(=O)NC1CCCC1. The van der Waals surface area contributed by atoms with Crippen molar-refractivity contribution in [3.8, 4) is 0 Å². The van der Waals surface area contributed by atoms with Crippen LogP contribution in [-0.2, 0) is 38.8 Å². The van der Waals surface area contributed by atoms with Crippen molar-refractivity contribution in [2.45, 2.75) is 68.7 Å². The van der Waals surface area contributed by atoms with E-state index in [1.54, 1.807) is 12.1 Å². The Hall–Kier alpha value is -4.35. The number of anilines is 1. The van der Waals surface area contributed by atoms with Gasteiger partial charge in [0, 0.05) is 19.0 Å². The zero-order chi connectivity index (χ0) is 35.2. The van der Waals surface area contributed by atoms with Gasteiger partial charge in [-0.15, -0.1) is 0 Å². The smallest absolute Gasteiger partial charge is 0.352 e. The number of benzene rings is 4. The van der Waals surface area contributed by atoms with E-state index in [4.69, 9.17) is 11.6 Å². The summed E-state index contributed by atoms with van der Waals surface area (Å²) in [4.78, 5) is 29.9. The minimum absolute atomic E-state index is 0.0469. The Kier molecular flexibility index (Phi) is 11.3. The molecule has 0 spiro atoms. The molecule has 1 atom stereocenters. The molecule has 7 nitrogen and oxygen atoms in total. The number of sulfonamides is 1. The fourth-order valence-corrected chi connectivity index (χ4v) is 7.68. The van der Waals surface area contributed by atoms with Crippen molar-refractivity contribution >= 4 is 39.1 Å². The van der Waals surface area contributed by atoms with Crippen LogP contribution in [0, 0.1) is 6.92 Å². The first-order chi connectivity index (χ1) is 23.3. The van der Waals surface area contributed by atoms with Gasteiger partial charge in [0.15, 0.2) is 0 Å². The molecular formula is C37H37ClF3N3O4S. The van der Waals surface area contributed by atoms with Gasteiger partial charge < -0.3 is 10.2 Å². The lowest BCUT2D eigenvalue weighted by Gasteiger charge is -2.34. The van der Waals surface area contributed by atoms with Crippen LogP contribution < -0.4 is 9.62 Å². The summed E-state index contributed by atoms with van der Waals surface area (Å²) in [7, 11) is -4.59. The van der Waals surface area contributed by atoms with Crippen LogP contribution in [0.1, 0.15) is 47.9 Å². The number of amides is 2. The van der Waals surface area contributed by atoms with Crippen molar-refractivity contribution in [3.63, 3.8) is 0 Å². The molecule has 1 saturated carbocycles. The summed E-state index contributed by atoms with van der Waals surface area (Å²) >= 11 is 5.89. The third-order valence-corrected chi connectivity index (χ3v) is 10.8. The van der Waals surface area contributed by atoms with Crippen molar-refractivity contribution in [2.24, 2.45) is 0 Å². The monoisotopic (exact) mass is 711 g/mol. The van der Waals surface area contributed by atoms with Crippen LogP contribution in [0.5, 0.6) is 0 Å². The van der Waals surface area contributed by atoms with Gasteiger partial charge in [0.25, 0.3) is 10.0 Å². The van der Waals surface area contributed by atoms with E-state index >= 15 is 0 Å². The maximum absolute atomic E-state index is 14.6. The maximum Gasteiger partial charge on any atom is 0.417 e. The molecule has 1 N–H and O–H groups in total. The molecule has 4 aromatic rings. The van der Waals surface area contributed by atoms with E-state index in [0.29, 0.717) is 10.4 Å². The van der Waals surface area contributed by atoms with Crippen LogP contribution in [0.2, 0.25) is 5.02 Å². The molecule has 49 heavy (non-hydrogen) atoms. The van der Waals surface area contributed by atoms with E-state index in [9.17, 15) is 31.2 Å². The van der Waals surface area contributed by atoms with Crippen LogP contribution in [0.3, 0.4) is 0 Å². The predicted molar refractivity (Wildman–Crippen MR) is 183 cm³/mol. The molecule has 1 fully saturated rings. The van der Waals surface area contributed by atoms with Gasteiger partial charge in [-0.25, -0.2) is 8.42 Å². The molecule has 4 aromatic carbocycles. The summed E-state index contributed by atoms with van der Waals surface area (Å²) in [6.45, 7) is 0.931. The van der Waals surface area contributed by atoms with Gasteiger partial charge in [0.1, 0.15) is 12.6 Å². The number of hydrogen-bond acceptors (Lipinski definition) is 4. The summed E-state index contributed by atoms with van der Waals surface area (Å²) in [5.74, 6) is -1.16. The number of rotatable bonds is 12. The molecule has 1 aliphatic carbocycles. The van der Waals surface area contributed by atoms with Crippen molar-refractivity contribution < 1.29 is 31.2 Å². The van der Waals surface area contributed by atoms with Crippen LogP contribution in [0.4, 0.5) is 18.9 Å². The summed E-state index contributed by atoms with van der Waals surface area (Å²) in [5.41, 5.74) is 0.696. The zero-order valence-corrected chi connectivity index (χ0v) is 28.4. The lowest BCUT2D eigenvalue weighted by atomic mass is 10.0. The lowest BCUT2D eigenvalue weighted by molar-refractivity contribution is -0.140. The van der Waals surface area contributed by atoms with E-state index in [1.165, 1.54) is 29.2 Å². The molecule has 0 radical (unpaired) electrons. The summed E-state index contributed by atoms with van der Waals surface area (Å²) < 4.78 is 70.9. The van der Waals surface area contributed by atoms with Crippen LogP contribution in [0.25, 0.3) is 0 Å². The Labute approximate surface area is 289 Å². The molecule has 12 heteroatoms. The van der Waals surface area contributed by atoms with E-state index in [2.05, 4.69) is 5.32 Å². The minimum atomic E-state index is -4.89. The van der Waals surface area contributed by atoms with Gasteiger partial charge in [-0.1, -0.05) is 97.2 Å². The van der Waals surface area contributed by atoms with Crippen LogP contribution in [0.15, 0.2) is 108 Å². The number of nitrogens with zero attached hydrogens (tertiary/aromatic N) is 2. The standard InChI is InChI=1S/C37H37ClF3N3O4S/c1-26-12-8-9-15-28(26)24-43(34(22-27-13-4-2-5-14-27)36(46)42-29-16-10-11-17-29)35(45)25-44(49(47,48)31-18-6-3-7-19-31)30-20-21-33(38)32(23-30)37(39,40)41/h2-9,12-15,18-21,23,29,34H,10-11,16-17,22,24-25H2,1H3,(H,42,46). The highest BCUT2D eigenvalue weighted by molar-refractivity contribution is 7.92. The Morgan fingerprint density at radius 3 is 2.14 bits per heavy atom. The fourth-order valence-electron chi connectivity index (χ4n) is 6.03. The number of nitrogens with one attached hydrogen (secondary N) is 1. The van der Waals surface area contributed by atoms with Gasteiger partial charge in [-0.3, -0.25) is 13.9 Å². The first-order valence-corrected chi connectivity index (χ1v) is 17.8. The van der Waals surface area contributed by atoms with Crippen molar-refractivity contribution in [1.29, 1.82) is 0 Å². The summed E-state index contributed by atoms with van der Waals surface area (Å²) in [6, 6.07) is 25.2. The van der Waals surface area contributed by atoms with E-state index in [-0.39, 0.29) is 29.8 Å². The van der Waals surface area contributed by atoms with Gasteiger partial charge >= 0.3 is 6.18 Å². The Morgan fingerprint density at radius 2 is 1.51 bits per heavy atom. The maximum atomic E-state index is 14.6. The van der Waals surface area contributed by atoms with Gasteiger partial charge in [0.2, 0.25) is 11.8 Å². The first kappa shape index (κ1) is 35.9. The number of hydrogen-bond donors (Lipinski definition) is 1. The molecule has 2 amide bonds. The number of carbonyl (C=O) groups excluding carboxylic acids is 2. The van der Waals surface area contributed by atoms with Crippen LogP contribution in [-0.4, -0.2) is 43.8 Å². The summed E-state index contributed by atoms with van der Waals surface area (Å²) in [5, 5.41) is 2.48. The lowest BCUT2D eigenvalue weighted by Crippen LogP contribution is -2.54. The highest BCUT2D eigenvalue weighted by Gasteiger charge is 2.38. The largest absolute Gasteiger partial charge is 0.417 e. The second kappa shape index (κ2) is 15.5. The number of carbonyl (C=O) groups is 2. The molecule has 0 heterocycles. The molecule has 5 rings (SSSR count). The molecule has 0 saturated heterocycles. The average Bonchev–Trinajstić information content (AvgIpc) is 3.59. The Balaban J connectivity index is 1.61. The molecule has 1 unspecified atom stereocenters. The van der Waals surface area contributed by atoms with Crippen molar-refractivity contribution in [2.75, 3.05) is 10.8 Å². The second-order valence-corrected chi connectivity index (χ2v) is 14.4. The van der Waals surface area contributed by atoms with E-state index in [1.807, 2.05) is 55.5 Å². The molecule has 258 valence electrons. The van der Waals surface area contributed by atoms with Crippen molar-refractivity contribution in [1.82, 2.24) is 10.2 Å². The third kappa shape index (κ3) is 8.82. The topological polar surface area (TPSA) is 86.8 Å². The number of aryl methyl sites for hydroxylation is 1. The fraction of sp³-hybridized carbons (Fsp3) is 0.297. The number of alkyl halides is 3. The molecule has 0 aliphatic heterocycles. The molecular weight excluding hydrogens is 675 g/mol. The van der Waals surface area contributed by atoms with Gasteiger partial charge in [-0.05, 0) is 66.8 Å². The molecule has 1 aliphatic rings. The first-order valence-electron chi connectivity index (χ1n) is 16.0. The van der Waals surface area contributed by atoms with Crippen LogP contribution >= 0.6 is 11.6 Å². The highest BCUT2D eigenvalue weighted by Crippen LogP contribution is 2.38. The average molecular weight is 712 g/mol. The van der Waals surface area contributed by atoms with E-state index < -0.39 is 51.0 Å². The minimum Gasteiger partial charge on any atom is -0.352 e. The number of halogens is 4. The normalized spacial score (nSPS) is 14.3. The molecule has 0 bridgehead atoms. The van der Waals surface area contributed by atoms with Crippen molar-refractivity contribution in [3.05, 3.63) is 130 Å². The highest BCUT2D eigenvalue weighted by atomic mass is 35.5. The summed E-state index contributed by atoms with van der Waals surface area (Å²) in [6.07, 6.45) is -1.23. The van der Waals surface area contributed by atoms with E-state index in [0.717, 1.165) is 54.5 Å². The molecule has 0 aromatic heterocycles. The zero-order valence-electron chi connectivity index (χ0n) is 26.9. The Bertz CT molecular complexity index is 1870. The Morgan fingerprint density at radius 1 is 0.898 bits per heavy atom. The van der Waals surface area contributed by atoms with Gasteiger partial charge in [0.05, 0.1) is 21.2 Å². The second-order valence-electron chi connectivity index (χ2n) is 12.1. The predicted octanol–water partition coefficient (Wildman–Crippen LogP) is 7.56. The quantitative estimate of drug-likeness (QED) is 0.164. The van der Waals surface area contributed by atoms with Gasteiger partial charge in [-0.2, -0.15) is 13.2 Å².